The molecule has 8 heteroatoms. The number of hydrogen-bond donors (Lipinski definition) is 3. The van der Waals surface area contributed by atoms with Gasteiger partial charge in [0.1, 0.15) is 5.75 Å². The van der Waals surface area contributed by atoms with E-state index < -0.39 is 5.91 Å². The highest BCUT2D eigenvalue weighted by Gasteiger charge is 2.19. The maximum atomic E-state index is 12.6. The van der Waals surface area contributed by atoms with Gasteiger partial charge in [0.05, 0.1) is 36.3 Å². The number of nitrogens with one attached hydrogen (secondary N) is 1. The number of carbonyl (C=O) groups excluding carboxylic acids is 2. The SMILES string of the molecule is CC.CC(C)OC=O.COc1c(C(=O)Nc2ccc(C)cc2OC(C)C)ccc(N)c1O. The number of nitrogen functional groups attached to an aromatic ring is 1. The Kier molecular flexibility index (Phi) is 13.0. The van der Waals surface area contributed by atoms with Crippen LogP contribution in [0.15, 0.2) is 30.3 Å². The first-order chi connectivity index (χ1) is 15.1. The van der Waals surface area contributed by atoms with Crippen molar-refractivity contribution < 1.29 is 28.9 Å². The molecule has 32 heavy (non-hydrogen) atoms. The quantitative estimate of drug-likeness (QED) is 0.312. The van der Waals surface area contributed by atoms with E-state index in [1.54, 1.807) is 19.9 Å². The highest BCUT2D eigenvalue weighted by Crippen LogP contribution is 2.36. The zero-order valence-electron chi connectivity index (χ0n) is 20.2. The van der Waals surface area contributed by atoms with Crippen molar-refractivity contribution in [2.75, 3.05) is 18.2 Å². The van der Waals surface area contributed by atoms with Crippen molar-refractivity contribution in [3.8, 4) is 17.2 Å². The Morgan fingerprint density at radius 3 is 2.19 bits per heavy atom. The maximum absolute atomic E-state index is 12.6. The lowest BCUT2D eigenvalue weighted by molar-refractivity contribution is -0.131. The predicted molar refractivity (Wildman–Crippen MR) is 128 cm³/mol. The van der Waals surface area contributed by atoms with Gasteiger partial charge in [0.2, 0.25) is 0 Å². The number of carbonyl (C=O) groups is 2. The first-order valence-corrected chi connectivity index (χ1v) is 10.4. The highest BCUT2D eigenvalue weighted by molar-refractivity contribution is 6.07. The summed E-state index contributed by atoms with van der Waals surface area (Å²) in [6.07, 6.45) is 0.0000521. The molecule has 2 aromatic carbocycles. The highest BCUT2D eigenvalue weighted by atomic mass is 16.5. The summed E-state index contributed by atoms with van der Waals surface area (Å²) < 4.78 is 15.2. The Morgan fingerprint density at radius 2 is 1.72 bits per heavy atom. The third-order valence-corrected chi connectivity index (χ3v) is 3.69. The van der Waals surface area contributed by atoms with Gasteiger partial charge in [0.25, 0.3) is 12.4 Å². The molecule has 1 amide bonds. The van der Waals surface area contributed by atoms with Crippen LogP contribution in [0.2, 0.25) is 0 Å². The number of rotatable bonds is 7. The number of anilines is 2. The first kappa shape index (κ1) is 28.6. The van der Waals surface area contributed by atoms with E-state index in [9.17, 15) is 14.7 Å². The van der Waals surface area contributed by atoms with Crippen LogP contribution in [0.1, 0.15) is 57.5 Å². The van der Waals surface area contributed by atoms with Crippen LogP contribution in [0.25, 0.3) is 0 Å². The number of aryl methyl sites for hydroxylation is 1. The lowest BCUT2D eigenvalue weighted by Crippen LogP contribution is -2.15. The number of aromatic hydroxyl groups is 1. The molecule has 2 rings (SSSR count). The molecular weight excluding hydrogens is 412 g/mol. The molecule has 4 N–H and O–H groups in total. The lowest BCUT2D eigenvalue weighted by Gasteiger charge is -2.17. The molecule has 0 bridgehead atoms. The van der Waals surface area contributed by atoms with Crippen molar-refractivity contribution in [2.24, 2.45) is 0 Å². The Morgan fingerprint density at radius 1 is 1.09 bits per heavy atom. The van der Waals surface area contributed by atoms with Crippen LogP contribution in [0.4, 0.5) is 11.4 Å². The lowest BCUT2D eigenvalue weighted by atomic mass is 10.1. The maximum Gasteiger partial charge on any atom is 0.293 e. The van der Waals surface area contributed by atoms with Crippen LogP contribution < -0.4 is 20.5 Å². The molecule has 0 fully saturated rings. The summed E-state index contributed by atoms with van der Waals surface area (Å²) >= 11 is 0. The van der Waals surface area contributed by atoms with Crippen molar-refractivity contribution in [1.82, 2.24) is 0 Å². The molecule has 2 aromatic rings. The zero-order chi connectivity index (χ0) is 24.8. The Labute approximate surface area is 190 Å². The van der Waals surface area contributed by atoms with Crippen LogP contribution in [0.5, 0.6) is 17.2 Å². The molecule has 178 valence electrons. The van der Waals surface area contributed by atoms with Gasteiger partial charge in [0, 0.05) is 0 Å². The van der Waals surface area contributed by atoms with Crippen molar-refractivity contribution >= 4 is 23.8 Å². The summed E-state index contributed by atoms with van der Waals surface area (Å²) in [5.41, 5.74) is 7.51. The fourth-order valence-corrected chi connectivity index (χ4v) is 2.36. The number of phenols is 1. The average molecular weight is 449 g/mol. The molecule has 0 aromatic heterocycles. The van der Waals surface area contributed by atoms with E-state index in [1.165, 1.54) is 19.2 Å². The molecule has 0 heterocycles. The summed E-state index contributed by atoms with van der Waals surface area (Å²) in [7, 11) is 1.37. The topological polar surface area (TPSA) is 120 Å². The van der Waals surface area contributed by atoms with Crippen LogP contribution >= 0.6 is 0 Å². The fraction of sp³-hybridized carbons (Fsp3) is 0.417. The minimum absolute atomic E-state index is 0.0300. The van der Waals surface area contributed by atoms with E-state index >= 15 is 0 Å². The molecule has 0 spiro atoms. The van der Waals surface area contributed by atoms with Crippen LogP contribution in [-0.2, 0) is 9.53 Å². The van der Waals surface area contributed by atoms with Crippen LogP contribution in [0, 0.1) is 6.92 Å². The summed E-state index contributed by atoms with van der Waals surface area (Å²) in [5.74, 6) is -0.0738. The Bertz CT molecular complexity index is 866. The van der Waals surface area contributed by atoms with E-state index in [-0.39, 0.29) is 35.0 Å². The third kappa shape index (κ3) is 9.16. The van der Waals surface area contributed by atoms with E-state index in [2.05, 4.69) is 10.1 Å². The molecule has 0 saturated carbocycles. The van der Waals surface area contributed by atoms with Crippen molar-refractivity contribution in [3.05, 3.63) is 41.5 Å². The summed E-state index contributed by atoms with van der Waals surface area (Å²) in [5, 5.41) is 12.7. The van der Waals surface area contributed by atoms with Gasteiger partial charge < -0.3 is 30.4 Å². The van der Waals surface area contributed by atoms with Gasteiger partial charge in [0.15, 0.2) is 11.5 Å². The van der Waals surface area contributed by atoms with Gasteiger partial charge in [-0.05, 0) is 64.4 Å². The van der Waals surface area contributed by atoms with Crippen molar-refractivity contribution in [3.63, 3.8) is 0 Å². The van der Waals surface area contributed by atoms with Gasteiger partial charge in [-0.1, -0.05) is 19.9 Å². The Hall–Kier alpha value is -3.42. The second kappa shape index (κ2) is 14.6. The van der Waals surface area contributed by atoms with Crippen molar-refractivity contribution in [1.29, 1.82) is 0 Å². The summed E-state index contributed by atoms with van der Waals surface area (Å²) in [6, 6.07) is 8.45. The minimum atomic E-state index is -0.431. The molecule has 0 aliphatic heterocycles. The predicted octanol–water partition coefficient (Wildman–Crippen LogP) is 4.92. The van der Waals surface area contributed by atoms with E-state index in [4.69, 9.17) is 15.2 Å². The molecule has 0 aliphatic carbocycles. The van der Waals surface area contributed by atoms with E-state index in [1.807, 2.05) is 46.8 Å². The number of benzene rings is 2. The normalized spacial score (nSPS) is 9.69. The van der Waals surface area contributed by atoms with Gasteiger partial charge in [-0.3, -0.25) is 9.59 Å². The number of nitrogens with two attached hydrogens (primary N) is 1. The number of ether oxygens (including phenoxy) is 3. The van der Waals surface area contributed by atoms with E-state index in [0.29, 0.717) is 17.9 Å². The standard InChI is InChI=1S/C18H22N2O4.C4H8O2.C2H6/c1-10(2)24-15-9-11(3)5-8-14(15)20-18(22)12-6-7-13(19)16(21)17(12)23-4;1-4(2)6-3-5;1-2/h5-10,21H,19H2,1-4H3,(H,20,22);3-4H,1-2H3;1-2H3. The number of phenolic OH excluding ortho intramolecular Hbond substituents is 1. The van der Waals surface area contributed by atoms with Gasteiger partial charge in [-0.2, -0.15) is 0 Å². The first-order valence-electron chi connectivity index (χ1n) is 10.4. The molecule has 0 aliphatic rings. The second-order valence-corrected chi connectivity index (χ2v) is 6.99. The summed E-state index contributed by atoms with van der Waals surface area (Å²) in [6.45, 7) is 13.8. The van der Waals surface area contributed by atoms with Crippen LogP contribution in [0.3, 0.4) is 0 Å². The van der Waals surface area contributed by atoms with E-state index in [0.717, 1.165) is 5.56 Å². The van der Waals surface area contributed by atoms with Crippen LogP contribution in [-0.4, -0.2) is 36.8 Å². The number of hydrogen-bond acceptors (Lipinski definition) is 7. The summed E-state index contributed by atoms with van der Waals surface area (Å²) in [4.78, 5) is 22.0. The molecule has 0 unspecified atom stereocenters. The zero-order valence-corrected chi connectivity index (χ0v) is 20.2. The molecular formula is C24H36N2O6. The third-order valence-electron chi connectivity index (χ3n) is 3.69. The largest absolute Gasteiger partial charge is 0.503 e. The van der Waals surface area contributed by atoms with Gasteiger partial charge in [-0.25, -0.2) is 0 Å². The molecule has 0 saturated heterocycles. The van der Waals surface area contributed by atoms with Crippen molar-refractivity contribution in [2.45, 2.75) is 60.7 Å². The second-order valence-electron chi connectivity index (χ2n) is 6.99. The molecule has 8 nitrogen and oxygen atoms in total. The van der Waals surface area contributed by atoms with Gasteiger partial charge in [-0.15, -0.1) is 0 Å². The van der Waals surface area contributed by atoms with Gasteiger partial charge >= 0.3 is 0 Å². The number of methoxy groups -OCH3 is 1. The number of amides is 1. The minimum Gasteiger partial charge on any atom is -0.503 e. The molecule has 0 radical (unpaired) electrons. The molecule has 0 atom stereocenters. The fourth-order valence-electron chi connectivity index (χ4n) is 2.36. The Balaban J connectivity index is 0.00000104. The average Bonchev–Trinajstić information content (AvgIpc) is 2.73. The monoisotopic (exact) mass is 448 g/mol. The smallest absolute Gasteiger partial charge is 0.293 e.